The number of amides is 1. The van der Waals surface area contributed by atoms with Crippen LogP contribution in [0.2, 0.25) is 0 Å². The van der Waals surface area contributed by atoms with Gasteiger partial charge in [0.1, 0.15) is 5.82 Å². The Morgan fingerprint density at radius 1 is 1.10 bits per heavy atom. The molecule has 4 nitrogen and oxygen atoms in total. The zero-order chi connectivity index (χ0) is 21.7. The summed E-state index contributed by atoms with van der Waals surface area (Å²) in [6, 6.07) is 17.3. The Morgan fingerprint density at radius 3 is 2.47 bits per heavy atom. The monoisotopic (exact) mass is 405 g/mol. The summed E-state index contributed by atoms with van der Waals surface area (Å²) in [5.41, 5.74) is 4.52. The van der Waals surface area contributed by atoms with Gasteiger partial charge in [0.05, 0.1) is 11.0 Å². The summed E-state index contributed by atoms with van der Waals surface area (Å²) < 4.78 is 2.32. The van der Waals surface area contributed by atoms with E-state index in [1.807, 2.05) is 26.8 Å². The molecule has 3 aromatic rings. The van der Waals surface area contributed by atoms with Crippen molar-refractivity contribution in [2.75, 3.05) is 6.54 Å². The van der Waals surface area contributed by atoms with Gasteiger partial charge < -0.3 is 9.88 Å². The van der Waals surface area contributed by atoms with Gasteiger partial charge in [-0.25, -0.2) is 4.98 Å². The number of fused-ring (bicyclic) bond motifs is 1. The van der Waals surface area contributed by atoms with Crippen LogP contribution in [0, 0.1) is 5.41 Å². The third-order valence-electron chi connectivity index (χ3n) is 5.78. The van der Waals surface area contributed by atoms with E-state index in [0.29, 0.717) is 12.5 Å². The second-order valence-electron chi connectivity index (χ2n) is 9.26. The van der Waals surface area contributed by atoms with Crippen molar-refractivity contribution < 1.29 is 4.79 Å². The number of aromatic nitrogens is 2. The van der Waals surface area contributed by atoms with E-state index < -0.39 is 0 Å². The molecule has 1 N–H and O–H groups in total. The Morgan fingerprint density at radius 2 is 1.80 bits per heavy atom. The van der Waals surface area contributed by atoms with E-state index in [9.17, 15) is 4.79 Å². The summed E-state index contributed by atoms with van der Waals surface area (Å²) in [4.78, 5) is 17.0. The fraction of sp³-hybridized carbons (Fsp3) is 0.462. The minimum Gasteiger partial charge on any atom is -0.356 e. The third kappa shape index (κ3) is 5.29. The van der Waals surface area contributed by atoms with Crippen molar-refractivity contribution >= 4 is 16.9 Å². The molecule has 3 rings (SSSR count). The first kappa shape index (κ1) is 22.1. The quantitative estimate of drug-likeness (QED) is 0.489. The zero-order valence-electron chi connectivity index (χ0n) is 19.0. The average Bonchev–Trinajstić information content (AvgIpc) is 3.07. The third-order valence-corrected chi connectivity index (χ3v) is 5.78. The van der Waals surface area contributed by atoms with Crippen LogP contribution in [0.25, 0.3) is 11.0 Å². The number of nitrogens with one attached hydrogen (secondary N) is 1. The van der Waals surface area contributed by atoms with Gasteiger partial charge in [0.2, 0.25) is 5.91 Å². The van der Waals surface area contributed by atoms with Gasteiger partial charge in [0.25, 0.3) is 0 Å². The van der Waals surface area contributed by atoms with Gasteiger partial charge in [-0.15, -0.1) is 0 Å². The molecule has 30 heavy (non-hydrogen) atoms. The standard InChI is InChI=1S/C26H35N3O/c1-6-19(2)21-15-13-20(14-16-21)18-29-23-11-8-7-10-22(23)28-24(29)12-9-17-27-25(30)26(3,4)5/h7-8,10-11,13-16,19H,6,9,12,17-18H2,1-5H3,(H,27,30). The van der Waals surface area contributed by atoms with Crippen molar-refractivity contribution in [3.63, 3.8) is 0 Å². The highest BCUT2D eigenvalue weighted by Gasteiger charge is 2.20. The number of imidazole rings is 1. The second kappa shape index (κ2) is 9.46. The maximum atomic E-state index is 12.1. The Labute approximate surface area is 180 Å². The Kier molecular flexibility index (Phi) is 6.96. The highest BCUT2D eigenvalue weighted by Crippen LogP contribution is 2.22. The second-order valence-corrected chi connectivity index (χ2v) is 9.26. The van der Waals surface area contributed by atoms with Crippen LogP contribution in [0.1, 0.15) is 70.3 Å². The molecule has 1 amide bonds. The van der Waals surface area contributed by atoms with Crippen LogP contribution in [-0.4, -0.2) is 22.0 Å². The smallest absolute Gasteiger partial charge is 0.225 e. The first-order valence-corrected chi connectivity index (χ1v) is 11.1. The number of hydrogen-bond acceptors (Lipinski definition) is 2. The van der Waals surface area contributed by atoms with Gasteiger partial charge in [-0.3, -0.25) is 4.79 Å². The molecule has 1 atom stereocenters. The number of aryl methyl sites for hydroxylation is 1. The maximum absolute atomic E-state index is 12.1. The number of hydrogen-bond donors (Lipinski definition) is 1. The molecule has 0 saturated heterocycles. The SMILES string of the molecule is CCC(C)c1ccc(Cn2c(CCCNC(=O)C(C)(C)C)nc3ccccc32)cc1. The lowest BCUT2D eigenvalue weighted by molar-refractivity contribution is -0.128. The summed E-state index contributed by atoms with van der Waals surface area (Å²) in [6.07, 6.45) is 2.86. The molecule has 2 aromatic carbocycles. The van der Waals surface area contributed by atoms with Gasteiger partial charge in [-0.05, 0) is 42.0 Å². The molecule has 4 heteroatoms. The number of para-hydroxylation sites is 2. The van der Waals surface area contributed by atoms with Crippen LogP contribution in [0.3, 0.4) is 0 Å². The predicted molar refractivity (Wildman–Crippen MR) is 125 cm³/mol. The summed E-state index contributed by atoms with van der Waals surface area (Å²) in [7, 11) is 0. The molecule has 0 aliphatic heterocycles. The van der Waals surface area contributed by atoms with Gasteiger partial charge in [0, 0.05) is 24.9 Å². The number of carbonyl (C=O) groups excluding carboxylic acids is 1. The highest BCUT2D eigenvalue weighted by atomic mass is 16.2. The fourth-order valence-corrected chi connectivity index (χ4v) is 3.58. The average molecular weight is 406 g/mol. The molecule has 0 saturated carbocycles. The van der Waals surface area contributed by atoms with E-state index in [1.54, 1.807) is 0 Å². The number of benzene rings is 2. The van der Waals surface area contributed by atoms with E-state index in [1.165, 1.54) is 11.1 Å². The molecular formula is C26H35N3O. The normalized spacial score (nSPS) is 12.8. The van der Waals surface area contributed by atoms with Crippen LogP contribution < -0.4 is 5.32 Å². The highest BCUT2D eigenvalue weighted by molar-refractivity contribution is 5.81. The molecule has 160 valence electrons. The van der Waals surface area contributed by atoms with E-state index in [4.69, 9.17) is 4.98 Å². The predicted octanol–water partition coefficient (Wildman–Crippen LogP) is 5.69. The zero-order valence-corrected chi connectivity index (χ0v) is 19.0. The number of carbonyl (C=O) groups is 1. The lowest BCUT2D eigenvalue weighted by atomic mass is 9.96. The molecule has 0 spiro atoms. The molecular weight excluding hydrogens is 370 g/mol. The lowest BCUT2D eigenvalue weighted by Gasteiger charge is -2.17. The van der Waals surface area contributed by atoms with Gasteiger partial charge in [-0.1, -0.05) is 71.0 Å². The summed E-state index contributed by atoms with van der Waals surface area (Å²) in [6.45, 7) is 11.8. The Bertz CT molecular complexity index is 980. The topological polar surface area (TPSA) is 46.9 Å². The van der Waals surface area contributed by atoms with Crippen LogP contribution >= 0.6 is 0 Å². The van der Waals surface area contributed by atoms with E-state index in [2.05, 4.69) is 66.2 Å². The molecule has 0 aliphatic carbocycles. The maximum Gasteiger partial charge on any atom is 0.225 e. The molecule has 0 bridgehead atoms. The first-order valence-electron chi connectivity index (χ1n) is 11.1. The largest absolute Gasteiger partial charge is 0.356 e. The van der Waals surface area contributed by atoms with Gasteiger partial charge in [-0.2, -0.15) is 0 Å². The van der Waals surface area contributed by atoms with Crippen LogP contribution in [0.15, 0.2) is 48.5 Å². The molecule has 0 fully saturated rings. The molecule has 1 unspecified atom stereocenters. The molecule has 0 radical (unpaired) electrons. The Hall–Kier alpha value is -2.62. The van der Waals surface area contributed by atoms with Crippen molar-refractivity contribution in [1.82, 2.24) is 14.9 Å². The van der Waals surface area contributed by atoms with Crippen molar-refractivity contribution in [1.29, 1.82) is 0 Å². The van der Waals surface area contributed by atoms with Gasteiger partial charge >= 0.3 is 0 Å². The van der Waals surface area contributed by atoms with Crippen molar-refractivity contribution in [3.8, 4) is 0 Å². The molecule has 1 heterocycles. The summed E-state index contributed by atoms with van der Waals surface area (Å²) in [5.74, 6) is 1.76. The number of rotatable bonds is 8. The Balaban J connectivity index is 1.74. The van der Waals surface area contributed by atoms with E-state index in [-0.39, 0.29) is 11.3 Å². The van der Waals surface area contributed by atoms with Crippen LogP contribution in [0.4, 0.5) is 0 Å². The number of nitrogens with zero attached hydrogens (tertiary/aromatic N) is 2. The van der Waals surface area contributed by atoms with Crippen LogP contribution in [0.5, 0.6) is 0 Å². The molecule has 0 aliphatic rings. The van der Waals surface area contributed by atoms with Crippen molar-refractivity contribution in [2.45, 2.75) is 66.3 Å². The first-order chi connectivity index (χ1) is 14.3. The minimum atomic E-state index is -0.353. The van der Waals surface area contributed by atoms with Gasteiger partial charge in [0.15, 0.2) is 0 Å². The van der Waals surface area contributed by atoms with Crippen LogP contribution in [-0.2, 0) is 17.8 Å². The van der Waals surface area contributed by atoms with E-state index >= 15 is 0 Å². The summed E-state index contributed by atoms with van der Waals surface area (Å²) >= 11 is 0. The van der Waals surface area contributed by atoms with E-state index in [0.717, 1.165) is 42.7 Å². The van der Waals surface area contributed by atoms with Crippen molar-refractivity contribution in [3.05, 3.63) is 65.5 Å². The lowest BCUT2D eigenvalue weighted by Crippen LogP contribution is -2.35. The summed E-state index contributed by atoms with van der Waals surface area (Å²) in [5, 5.41) is 3.04. The van der Waals surface area contributed by atoms with Crippen molar-refractivity contribution in [2.24, 2.45) is 5.41 Å². The molecule has 1 aromatic heterocycles. The minimum absolute atomic E-state index is 0.0948. The fourth-order valence-electron chi connectivity index (χ4n) is 3.58.